The molecule has 0 aromatic carbocycles. The molecule has 0 heterocycles. The molecule has 0 aliphatic rings. The smallest absolute Gasteiger partial charge is 0.307 e. The van der Waals surface area contributed by atoms with Crippen LogP contribution in [0.15, 0.2) is 0 Å². The summed E-state index contributed by atoms with van der Waals surface area (Å²) in [6.07, 6.45) is 0.338. The maximum absolute atomic E-state index is 11.5. The van der Waals surface area contributed by atoms with Crippen molar-refractivity contribution >= 4 is 5.97 Å². The van der Waals surface area contributed by atoms with E-state index in [4.69, 9.17) is 4.74 Å². The second-order valence-electron chi connectivity index (χ2n) is 5.02. The molecule has 0 unspecified atom stereocenters. The molecule has 0 aromatic rings. The number of ether oxygens (including phenoxy) is 1. The Morgan fingerprint density at radius 3 is 2.07 bits per heavy atom. The summed E-state index contributed by atoms with van der Waals surface area (Å²) >= 11 is 0. The maximum atomic E-state index is 11.5. The summed E-state index contributed by atoms with van der Waals surface area (Å²) in [5, 5.41) is 0. The maximum Gasteiger partial charge on any atom is 0.307 e. The molecule has 2 heteroatoms. The predicted octanol–water partition coefficient (Wildman–Crippen LogP) is 2.77. The molecule has 0 spiro atoms. The number of carbonyl (C=O) groups excluding carboxylic acids is 1. The lowest BCUT2D eigenvalue weighted by molar-refractivity contribution is -0.156. The Morgan fingerprint density at radius 1 is 1.21 bits per heavy atom. The van der Waals surface area contributed by atoms with Crippen molar-refractivity contribution in [2.75, 3.05) is 0 Å². The molecule has 0 N–H and O–H groups in total. The third-order valence-corrected chi connectivity index (χ3v) is 1.47. The van der Waals surface area contributed by atoms with E-state index in [1.807, 2.05) is 34.6 Å². The molecule has 0 bridgehead atoms. The van der Waals surface area contributed by atoms with Crippen LogP contribution in [0.5, 0.6) is 0 Å². The Kier molecular flexibility index (Phi) is 4.19. The van der Waals surface area contributed by atoms with E-state index in [0.29, 0.717) is 6.42 Å². The van der Waals surface area contributed by atoms with E-state index in [9.17, 15) is 4.79 Å². The van der Waals surface area contributed by atoms with Gasteiger partial charge in [-0.2, -0.15) is 0 Å². The summed E-state index contributed by atoms with van der Waals surface area (Å²) in [7, 11) is 0. The van der Waals surface area contributed by atoms with Gasteiger partial charge in [-0.3, -0.25) is 4.79 Å². The summed E-state index contributed by atoms with van der Waals surface area (Å²) in [5.74, 6) is 5.62. The molecule has 0 aromatic heterocycles. The van der Waals surface area contributed by atoms with Crippen LogP contribution in [0.4, 0.5) is 0 Å². The van der Waals surface area contributed by atoms with E-state index in [2.05, 4.69) is 11.8 Å². The highest BCUT2D eigenvalue weighted by Crippen LogP contribution is 2.21. The van der Waals surface area contributed by atoms with E-state index in [1.165, 1.54) is 0 Å². The number of hydrogen-bond acceptors (Lipinski definition) is 2. The van der Waals surface area contributed by atoms with Crippen LogP contribution >= 0.6 is 0 Å². The highest BCUT2D eigenvalue weighted by molar-refractivity contribution is 5.71. The molecule has 14 heavy (non-hydrogen) atoms. The van der Waals surface area contributed by atoms with Gasteiger partial charge in [-0.05, 0) is 41.5 Å². The van der Waals surface area contributed by atoms with Crippen molar-refractivity contribution in [3.63, 3.8) is 0 Å². The van der Waals surface area contributed by atoms with Crippen LogP contribution in [0.25, 0.3) is 0 Å². The first-order valence-electron chi connectivity index (χ1n) is 4.82. The fraction of sp³-hybridized carbons (Fsp3) is 0.750. The van der Waals surface area contributed by atoms with Crippen LogP contribution < -0.4 is 0 Å². The number of hydrogen-bond donors (Lipinski definition) is 0. The monoisotopic (exact) mass is 196 g/mol. The molecule has 0 radical (unpaired) electrons. The Hall–Kier alpha value is -0.970. The Morgan fingerprint density at radius 2 is 1.71 bits per heavy atom. The van der Waals surface area contributed by atoms with Gasteiger partial charge in [-0.15, -0.1) is 5.92 Å². The normalized spacial score (nSPS) is 11.6. The van der Waals surface area contributed by atoms with Crippen molar-refractivity contribution < 1.29 is 9.53 Å². The summed E-state index contributed by atoms with van der Waals surface area (Å²) < 4.78 is 5.21. The van der Waals surface area contributed by atoms with Gasteiger partial charge in [0.1, 0.15) is 5.60 Å². The summed E-state index contributed by atoms with van der Waals surface area (Å²) in [4.78, 5) is 11.5. The third kappa shape index (κ3) is 6.54. The van der Waals surface area contributed by atoms with Gasteiger partial charge in [0.25, 0.3) is 0 Å². The van der Waals surface area contributed by atoms with Gasteiger partial charge in [-0.1, -0.05) is 5.92 Å². The molecule has 0 rings (SSSR count). The average molecular weight is 196 g/mol. The standard InChI is InChI=1S/C12H20O2/c1-7-8-12(5,6)9-10(13)14-11(2,3)4/h9H2,1-6H3. The zero-order valence-corrected chi connectivity index (χ0v) is 10.0. The van der Waals surface area contributed by atoms with Crippen molar-refractivity contribution in [2.45, 2.75) is 53.6 Å². The van der Waals surface area contributed by atoms with Crippen molar-refractivity contribution in [1.82, 2.24) is 0 Å². The van der Waals surface area contributed by atoms with Gasteiger partial charge in [0.2, 0.25) is 0 Å². The number of carbonyl (C=O) groups is 1. The van der Waals surface area contributed by atoms with E-state index in [1.54, 1.807) is 6.92 Å². The van der Waals surface area contributed by atoms with Gasteiger partial charge in [-0.25, -0.2) is 0 Å². The Labute approximate surface area is 87.0 Å². The average Bonchev–Trinajstić information content (AvgIpc) is 1.78. The first kappa shape index (κ1) is 13.0. The van der Waals surface area contributed by atoms with Crippen molar-refractivity contribution in [2.24, 2.45) is 5.41 Å². The lowest BCUT2D eigenvalue weighted by Gasteiger charge is -2.23. The van der Waals surface area contributed by atoms with Gasteiger partial charge >= 0.3 is 5.97 Å². The second-order valence-corrected chi connectivity index (χ2v) is 5.02. The van der Waals surface area contributed by atoms with Crippen LogP contribution in [-0.4, -0.2) is 11.6 Å². The molecule has 0 amide bonds. The lowest BCUT2D eigenvalue weighted by Crippen LogP contribution is -2.27. The predicted molar refractivity (Wildman–Crippen MR) is 57.7 cm³/mol. The number of rotatable bonds is 2. The highest BCUT2D eigenvalue weighted by Gasteiger charge is 2.23. The summed E-state index contributed by atoms with van der Waals surface area (Å²) in [6, 6.07) is 0. The molecule has 80 valence electrons. The molecule has 0 aliphatic carbocycles. The molecule has 0 aliphatic heterocycles. The summed E-state index contributed by atoms with van der Waals surface area (Å²) in [5.41, 5.74) is -0.704. The highest BCUT2D eigenvalue weighted by atomic mass is 16.6. The zero-order chi connectivity index (χ0) is 11.4. The van der Waals surface area contributed by atoms with Gasteiger partial charge < -0.3 is 4.74 Å². The van der Waals surface area contributed by atoms with Crippen LogP contribution in [-0.2, 0) is 9.53 Å². The molecular formula is C12H20O2. The van der Waals surface area contributed by atoms with Crippen LogP contribution in [0.3, 0.4) is 0 Å². The largest absolute Gasteiger partial charge is 0.460 e. The Bertz CT molecular complexity index is 258. The molecule has 0 saturated carbocycles. The lowest BCUT2D eigenvalue weighted by atomic mass is 9.90. The van der Waals surface area contributed by atoms with E-state index >= 15 is 0 Å². The molecule has 0 fully saturated rings. The van der Waals surface area contributed by atoms with E-state index in [-0.39, 0.29) is 11.4 Å². The van der Waals surface area contributed by atoms with E-state index in [0.717, 1.165) is 0 Å². The van der Waals surface area contributed by atoms with Crippen molar-refractivity contribution in [1.29, 1.82) is 0 Å². The third-order valence-electron chi connectivity index (χ3n) is 1.47. The van der Waals surface area contributed by atoms with Crippen LogP contribution in [0, 0.1) is 17.3 Å². The molecule has 0 atom stereocenters. The molecular weight excluding hydrogens is 176 g/mol. The van der Waals surface area contributed by atoms with Crippen molar-refractivity contribution in [3.8, 4) is 11.8 Å². The first-order chi connectivity index (χ1) is 6.16. The zero-order valence-electron chi connectivity index (χ0n) is 10.0. The first-order valence-corrected chi connectivity index (χ1v) is 4.82. The molecule has 2 nitrogen and oxygen atoms in total. The SMILES string of the molecule is CC#CC(C)(C)CC(=O)OC(C)(C)C. The van der Waals surface area contributed by atoms with Gasteiger partial charge in [0.05, 0.1) is 6.42 Å². The van der Waals surface area contributed by atoms with E-state index < -0.39 is 5.60 Å². The Balaban J connectivity index is 4.25. The fourth-order valence-electron chi connectivity index (χ4n) is 1.12. The number of esters is 1. The minimum Gasteiger partial charge on any atom is -0.460 e. The van der Waals surface area contributed by atoms with Gasteiger partial charge in [0, 0.05) is 5.41 Å². The second kappa shape index (κ2) is 4.50. The van der Waals surface area contributed by atoms with Crippen LogP contribution in [0.1, 0.15) is 48.0 Å². The van der Waals surface area contributed by atoms with Crippen LogP contribution in [0.2, 0.25) is 0 Å². The molecule has 0 saturated heterocycles. The minimum atomic E-state index is -0.410. The van der Waals surface area contributed by atoms with Crippen molar-refractivity contribution in [3.05, 3.63) is 0 Å². The summed E-state index contributed by atoms with van der Waals surface area (Å²) in [6.45, 7) is 11.2. The van der Waals surface area contributed by atoms with Gasteiger partial charge in [0.15, 0.2) is 0 Å². The topological polar surface area (TPSA) is 26.3 Å². The minimum absolute atomic E-state index is 0.190. The fourth-order valence-corrected chi connectivity index (χ4v) is 1.12. The quantitative estimate of drug-likeness (QED) is 0.501.